The quantitative estimate of drug-likeness (QED) is 0.815. The van der Waals surface area contributed by atoms with Gasteiger partial charge in [0.2, 0.25) is 0 Å². The average molecular weight is 367 g/mol. The van der Waals surface area contributed by atoms with Crippen LogP contribution >= 0.6 is 0 Å². The van der Waals surface area contributed by atoms with E-state index in [9.17, 15) is 4.79 Å². The molecule has 3 heterocycles. The van der Waals surface area contributed by atoms with E-state index in [1.165, 1.54) is 12.1 Å². The first-order valence-electron chi connectivity index (χ1n) is 10.1. The number of carbonyl (C=O) groups is 1. The fraction of sp³-hybridized carbons (Fsp3) is 0.500. The van der Waals surface area contributed by atoms with E-state index in [0.29, 0.717) is 11.7 Å². The van der Waals surface area contributed by atoms with Crippen molar-refractivity contribution in [2.24, 2.45) is 5.92 Å². The summed E-state index contributed by atoms with van der Waals surface area (Å²) in [6.45, 7) is 8.51. The highest BCUT2D eigenvalue weighted by molar-refractivity contribution is 5.91. The summed E-state index contributed by atoms with van der Waals surface area (Å²) in [5, 5.41) is 0. The summed E-state index contributed by atoms with van der Waals surface area (Å²) in [4.78, 5) is 19.5. The molecule has 1 aromatic heterocycles. The molecule has 0 atom stereocenters. The van der Waals surface area contributed by atoms with Gasteiger partial charge in [0, 0.05) is 52.4 Å². The van der Waals surface area contributed by atoms with Gasteiger partial charge in [-0.2, -0.15) is 0 Å². The average Bonchev–Trinajstić information content (AvgIpc) is 3.25. The maximum Gasteiger partial charge on any atom is 0.289 e. The Kier molecular flexibility index (Phi) is 5.90. The molecule has 0 N–H and O–H groups in total. The zero-order chi connectivity index (χ0) is 18.5. The minimum Gasteiger partial charge on any atom is -0.459 e. The lowest BCUT2D eigenvalue weighted by Gasteiger charge is -2.38. The van der Waals surface area contributed by atoms with Gasteiger partial charge in [0.05, 0.1) is 6.26 Å². The van der Waals surface area contributed by atoms with E-state index >= 15 is 0 Å². The van der Waals surface area contributed by atoms with Gasteiger partial charge in [-0.25, -0.2) is 0 Å². The fourth-order valence-electron chi connectivity index (χ4n) is 4.21. The highest BCUT2D eigenvalue weighted by atomic mass is 16.3. The van der Waals surface area contributed by atoms with Crippen molar-refractivity contribution in [2.75, 3.05) is 45.8 Å². The van der Waals surface area contributed by atoms with Crippen LogP contribution in [-0.2, 0) is 6.54 Å². The maximum atomic E-state index is 12.4. The number of benzene rings is 1. The topological polar surface area (TPSA) is 39.9 Å². The van der Waals surface area contributed by atoms with Crippen molar-refractivity contribution in [1.82, 2.24) is 14.7 Å². The maximum absolute atomic E-state index is 12.4. The monoisotopic (exact) mass is 367 g/mol. The molecule has 2 aromatic rings. The Bertz CT molecular complexity index is 700. The lowest BCUT2D eigenvalue weighted by molar-refractivity contribution is 0.0601. The highest BCUT2D eigenvalue weighted by Crippen LogP contribution is 2.21. The molecule has 0 spiro atoms. The van der Waals surface area contributed by atoms with Crippen molar-refractivity contribution >= 4 is 5.91 Å². The van der Waals surface area contributed by atoms with Crippen molar-refractivity contribution < 1.29 is 9.21 Å². The predicted molar refractivity (Wildman–Crippen MR) is 105 cm³/mol. The van der Waals surface area contributed by atoms with Crippen LogP contribution in [0.5, 0.6) is 0 Å². The molecule has 0 bridgehead atoms. The second-order valence-corrected chi connectivity index (χ2v) is 7.78. The number of carbonyl (C=O) groups excluding carboxylic acids is 1. The van der Waals surface area contributed by atoms with Gasteiger partial charge in [0.25, 0.3) is 5.91 Å². The molecular weight excluding hydrogens is 338 g/mol. The number of furan rings is 1. The third kappa shape index (κ3) is 4.79. The van der Waals surface area contributed by atoms with Gasteiger partial charge in [-0.3, -0.25) is 9.69 Å². The van der Waals surface area contributed by atoms with E-state index in [1.54, 1.807) is 18.4 Å². The van der Waals surface area contributed by atoms with Crippen LogP contribution in [-0.4, -0.2) is 66.4 Å². The third-order valence-electron chi connectivity index (χ3n) is 5.86. The Morgan fingerprint density at radius 3 is 2.26 bits per heavy atom. The van der Waals surface area contributed by atoms with E-state index in [-0.39, 0.29) is 5.91 Å². The molecular formula is C22H29N3O2. The predicted octanol–water partition coefficient (Wildman–Crippen LogP) is 2.95. The minimum atomic E-state index is 0.0352. The first-order chi connectivity index (χ1) is 13.3. The molecule has 0 unspecified atom stereocenters. The Balaban J connectivity index is 1.18. The van der Waals surface area contributed by atoms with Crippen LogP contribution in [0.25, 0.3) is 0 Å². The summed E-state index contributed by atoms with van der Waals surface area (Å²) in [5.74, 6) is 1.20. The number of likely N-dealkylation sites (tertiary alicyclic amines) is 1. The van der Waals surface area contributed by atoms with Gasteiger partial charge < -0.3 is 14.2 Å². The number of amides is 1. The molecule has 1 amide bonds. The van der Waals surface area contributed by atoms with Crippen LogP contribution in [0.1, 0.15) is 29.0 Å². The second-order valence-electron chi connectivity index (χ2n) is 7.78. The van der Waals surface area contributed by atoms with Gasteiger partial charge >= 0.3 is 0 Å². The summed E-state index contributed by atoms with van der Waals surface area (Å²) in [6.07, 6.45) is 3.75. The molecule has 144 valence electrons. The van der Waals surface area contributed by atoms with Crippen molar-refractivity contribution in [3.8, 4) is 0 Å². The highest BCUT2D eigenvalue weighted by Gasteiger charge is 2.27. The van der Waals surface area contributed by atoms with E-state index in [0.717, 1.165) is 58.7 Å². The summed E-state index contributed by atoms with van der Waals surface area (Å²) < 4.78 is 5.25. The smallest absolute Gasteiger partial charge is 0.289 e. The van der Waals surface area contributed by atoms with Crippen molar-refractivity contribution in [1.29, 1.82) is 0 Å². The van der Waals surface area contributed by atoms with Crippen LogP contribution in [0.2, 0.25) is 0 Å². The molecule has 2 saturated heterocycles. The number of piperazine rings is 1. The summed E-state index contributed by atoms with van der Waals surface area (Å²) in [6, 6.07) is 14.3. The molecule has 2 fully saturated rings. The Morgan fingerprint density at radius 1 is 0.889 bits per heavy atom. The first kappa shape index (κ1) is 18.3. The SMILES string of the molecule is O=C(c1ccco1)N1CCC(CN2CCN(Cc3ccccc3)CC2)CC1. The lowest BCUT2D eigenvalue weighted by Crippen LogP contribution is -2.48. The molecule has 2 aliphatic heterocycles. The number of piperidine rings is 1. The van der Waals surface area contributed by atoms with Crippen LogP contribution in [0.3, 0.4) is 0 Å². The zero-order valence-corrected chi connectivity index (χ0v) is 15.9. The van der Waals surface area contributed by atoms with Crippen molar-refractivity contribution in [2.45, 2.75) is 19.4 Å². The fourth-order valence-corrected chi connectivity index (χ4v) is 4.21. The third-order valence-corrected chi connectivity index (χ3v) is 5.86. The van der Waals surface area contributed by atoms with Crippen LogP contribution in [0, 0.1) is 5.92 Å². The first-order valence-corrected chi connectivity index (χ1v) is 10.1. The molecule has 27 heavy (non-hydrogen) atoms. The molecule has 0 radical (unpaired) electrons. The van der Waals surface area contributed by atoms with E-state index in [2.05, 4.69) is 40.1 Å². The molecule has 1 aromatic carbocycles. The summed E-state index contributed by atoms with van der Waals surface area (Å²) >= 11 is 0. The number of hydrogen-bond donors (Lipinski definition) is 0. The standard InChI is InChI=1S/C22H29N3O2/c26-22(21-7-4-16-27-21)25-10-8-20(9-11-25)18-24-14-12-23(13-15-24)17-19-5-2-1-3-6-19/h1-7,16,20H,8-15,17-18H2. The van der Waals surface area contributed by atoms with E-state index in [4.69, 9.17) is 4.42 Å². The van der Waals surface area contributed by atoms with Gasteiger partial charge in [-0.05, 0) is 36.5 Å². The number of rotatable bonds is 5. The largest absolute Gasteiger partial charge is 0.459 e. The van der Waals surface area contributed by atoms with E-state index in [1.807, 2.05) is 4.90 Å². The van der Waals surface area contributed by atoms with Gasteiger partial charge in [-0.1, -0.05) is 30.3 Å². The Morgan fingerprint density at radius 2 is 1.59 bits per heavy atom. The van der Waals surface area contributed by atoms with Gasteiger partial charge in [-0.15, -0.1) is 0 Å². The van der Waals surface area contributed by atoms with E-state index < -0.39 is 0 Å². The van der Waals surface area contributed by atoms with Gasteiger partial charge in [0.15, 0.2) is 5.76 Å². The molecule has 2 aliphatic rings. The zero-order valence-electron chi connectivity index (χ0n) is 15.9. The Hall–Kier alpha value is -2.11. The van der Waals surface area contributed by atoms with Crippen LogP contribution < -0.4 is 0 Å². The Labute approximate surface area is 161 Å². The van der Waals surface area contributed by atoms with Crippen molar-refractivity contribution in [3.63, 3.8) is 0 Å². The summed E-state index contributed by atoms with van der Waals surface area (Å²) in [5.41, 5.74) is 1.40. The molecule has 5 heteroatoms. The van der Waals surface area contributed by atoms with Crippen molar-refractivity contribution in [3.05, 3.63) is 60.1 Å². The molecule has 4 rings (SSSR count). The minimum absolute atomic E-state index is 0.0352. The second kappa shape index (κ2) is 8.72. The van der Waals surface area contributed by atoms with Crippen LogP contribution in [0.15, 0.2) is 53.1 Å². The lowest BCUT2D eigenvalue weighted by atomic mass is 9.95. The number of nitrogens with zero attached hydrogens (tertiary/aromatic N) is 3. The summed E-state index contributed by atoms with van der Waals surface area (Å²) in [7, 11) is 0. The molecule has 5 nitrogen and oxygen atoms in total. The molecule has 0 aliphatic carbocycles. The molecule has 0 saturated carbocycles. The normalized spacial score (nSPS) is 20.1. The van der Waals surface area contributed by atoms with Gasteiger partial charge in [0.1, 0.15) is 0 Å². The number of hydrogen-bond acceptors (Lipinski definition) is 4. The van der Waals surface area contributed by atoms with Crippen LogP contribution in [0.4, 0.5) is 0 Å².